The molecule has 2 unspecified atom stereocenters. The fourth-order valence-electron chi connectivity index (χ4n) is 1.83. The molecular weight excluding hydrogens is 303 g/mol. The van der Waals surface area contributed by atoms with Gasteiger partial charge in [0, 0.05) is 7.11 Å². The van der Waals surface area contributed by atoms with E-state index in [1.807, 2.05) is 5.32 Å². The highest BCUT2D eigenvalue weighted by Crippen LogP contribution is 2.26. The first kappa shape index (κ1) is 18.0. The lowest BCUT2D eigenvalue weighted by atomic mass is 9.94. The van der Waals surface area contributed by atoms with E-state index in [0.29, 0.717) is 5.56 Å². The van der Waals surface area contributed by atoms with Crippen LogP contribution < -0.4 is 5.32 Å². The van der Waals surface area contributed by atoms with E-state index >= 15 is 0 Å². The lowest BCUT2D eigenvalue weighted by molar-refractivity contribution is -0.163. The summed E-state index contributed by atoms with van der Waals surface area (Å²) in [5.41, 5.74) is -1.20. The molecule has 0 saturated heterocycles. The van der Waals surface area contributed by atoms with Gasteiger partial charge in [0.15, 0.2) is 5.60 Å². The molecule has 2 atom stereocenters. The predicted molar refractivity (Wildman–Crippen MR) is 71.0 cm³/mol. The van der Waals surface area contributed by atoms with Crippen molar-refractivity contribution in [3.05, 3.63) is 35.9 Å². The van der Waals surface area contributed by atoms with Gasteiger partial charge in [-0.3, -0.25) is 4.79 Å². The van der Waals surface area contributed by atoms with Gasteiger partial charge in [0.2, 0.25) is 0 Å². The Bertz CT molecular complexity index is 533. The first-order valence-electron chi connectivity index (χ1n) is 6.31. The number of alkyl halides is 3. The number of benzene rings is 1. The number of halogens is 3. The summed E-state index contributed by atoms with van der Waals surface area (Å²) in [6, 6.07) is 5.99. The predicted octanol–water partition coefficient (Wildman–Crippen LogP) is 2.07. The van der Waals surface area contributed by atoms with Crippen LogP contribution >= 0.6 is 0 Å². The van der Waals surface area contributed by atoms with Crippen LogP contribution in [0.1, 0.15) is 18.9 Å². The van der Waals surface area contributed by atoms with Crippen LogP contribution in [0, 0.1) is 0 Å². The second-order valence-corrected chi connectivity index (χ2v) is 4.79. The van der Waals surface area contributed by atoms with Gasteiger partial charge in [-0.1, -0.05) is 30.3 Å². The number of carboxylic acid groups (broad SMARTS) is 1. The smallest absolute Gasteiger partial charge is 0.391 e. The van der Waals surface area contributed by atoms with Crippen molar-refractivity contribution in [2.24, 2.45) is 0 Å². The molecule has 1 amide bonds. The highest BCUT2D eigenvalue weighted by molar-refractivity contribution is 5.90. The molecule has 0 spiro atoms. The molecule has 0 fully saturated rings. The summed E-state index contributed by atoms with van der Waals surface area (Å²) < 4.78 is 42.2. The number of carbonyl (C=O) groups is 2. The fourth-order valence-corrected chi connectivity index (χ4v) is 1.83. The summed E-state index contributed by atoms with van der Waals surface area (Å²) in [6.45, 7) is 1.35. The number of ether oxygens (including phenoxy) is 1. The number of carboxylic acids is 1. The Labute approximate surface area is 125 Å². The topological polar surface area (TPSA) is 75.6 Å². The highest BCUT2D eigenvalue weighted by Gasteiger charge is 2.41. The second-order valence-electron chi connectivity index (χ2n) is 4.79. The number of hydrogen-bond donors (Lipinski definition) is 2. The number of nitrogens with one attached hydrogen (secondary N) is 1. The molecular formula is C14H16F3NO4. The number of rotatable bonds is 6. The molecule has 1 aromatic carbocycles. The van der Waals surface area contributed by atoms with Gasteiger partial charge in [-0.15, -0.1) is 0 Å². The van der Waals surface area contributed by atoms with Gasteiger partial charge in [0.25, 0.3) is 5.91 Å². The minimum atomic E-state index is -4.72. The molecule has 22 heavy (non-hydrogen) atoms. The van der Waals surface area contributed by atoms with Gasteiger partial charge >= 0.3 is 12.1 Å². The Morgan fingerprint density at radius 1 is 1.27 bits per heavy atom. The molecule has 122 valence electrons. The fraction of sp³-hybridized carbons (Fsp3) is 0.429. The minimum Gasteiger partial charge on any atom is -0.480 e. The Hall–Kier alpha value is -2.09. The Morgan fingerprint density at radius 2 is 1.82 bits per heavy atom. The molecule has 0 bridgehead atoms. The molecule has 0 radical (unpaired) electrons. The third-order valence-corrected chi connectivity index (χ3v) is 3.21. The van der Waals surface area contributed by atoms with E-state index in [-0.39, 0.29) is 0 Å². The first-order valence-corrected chi connectivity index (χ1v) is 6.31. The monoisotopic (exact) mass is 319 g/mol. The van der Waals surface area contributed by atoms with Crippen molar-refractivity contribution < 1.29 is 32.6 Å². The van der Waals surface area contributed by atoms with E-state index in [1.165, 1.54) is 14.0 Å². The van der Waals surface area contributed by atoms with E-state index in [4.69, 9.17) is 9.84 Å². The quantitative estimate of drug-likeness (QED) is 0.842. The number of carbonyl (C=O) groups excluding carboxylic acids is 1. The molecule has 0 aliphatic heterocycles. The maximum Gasteiger partial charge on any atom is 0.391 e. The van der Waals surface area contributed by atoms with Gasteiger partial charge in [-0.2, -0.15) is 13.2 Å². The molecule has 0 saturated carbocycles. The highest BCUT2D eigenvalue weighted by atomic mass is 19.4. The van der Waals surface area contributed by atoms with Gasteiger partial charge < -0.3 is 15.2 Å². The number of methoxy groups -OCH3 is 1. The molecule has 5 nitrogen and oxygen atoms in total. The van der Waals surface area contributed by atoms with Crippen molar-refractivity contribution in [3.63, 3.8) is 0 Å². The van der Waals surface area contributed by atoms with E-state index in [1.54, 1.807) is 30.3 Å². The van der Waals surface area contributed by atoms with Gasteiger partial charge in [0.1, 0.15) is 6.04 Å². The minimum absolute atomic E-state index is 0.395. The summed E-state index contributed by atoms with van der Waals surface area (Å²) in [7, 11) is 1.21. The molecule has 0 aliphatic carbocycles. The molecule has 1 aromatic rings. The Balaban J connectivity index is 2.99. The van der Waals surface area contributed by atoms with Crippen LogP contribution in [0.15, 0.2) is 30.3 Å². The van der Waals surface area contributed by atoms with Gasteiger partial charge in [-0.25, -0.2) is 4.79 Å². The largest absolute Gasteiger partial charge is 0.480 e. The number of hydrogen-bond acceptors (Lipinski definition) is 3. The molecule has 1 rings (SSSR count). The molecule has 0 heterocycles. The van der Waals surface area contributed by atoms with E-state index < -0.39 is 36.1 Å². The molecule has 8 heteroatoms. The average molecular weight is 319 g/mol. The average Bonchev–Trinajstić information content (AvgIpc) is 2.45. The van der Waals surface area contributed by atoms with Crippen molar-refractivity contribution >= 4 is 11.9 Å². The van der Waals surface area contributed by atoms with Crippen molar-refractivity contribution in [3.8, 4) is 0 Å². The number of aliphatic carboxylic acids is 1. The van der Waals surface area contributed by atoms with Gasteiger partial charge in [-0.05, 0) is 12.5 Å². The third-order valence-electron chi connectivity index (χ3n) is 3.21. The van der Waals surface area contributed by atoms with Crippen molar-refractivity contribution in [1.29, 1.82) is 0 Å². The summed E-state index contributed by atoms with van der Waals surface area (Å²) in [6.07, 6.45) is -6.38. The third kappa shape index (κ3) is 4.45. The summed E-state index contributed by atoms with van der Waals surface area (Å²) in [5, 5.41) is 10.7. The maximum atomic E-state index is 12.4. The second kappa shape index (κ2) is 6.78. The number of amides is 1. The van der Waals surface area contributed by atoms with Crippen LogP contribution in [-0.2, 0) is 19.9 Å². The van der Waals surface area contributed by atoms with Crippen molar-refractivity contribution in [1.82, 2.24) is 5.32 Å². The van der Waals surface area contributed by atoms with Crippen LogP contribution in [-0.4, -0.2) is 36.3 Å². The maximum absolute atomic E-state index is 12.4. The Kier molecular flexibility index (Phi) is 5.54. The van der Waals surface area contributed by atoms with Crippen molar-refractivity contribution in [2.75, 3.05) is 7.11 Å². The normalized spacial score (nSPS) is 15.7. The standard InChI is InChI=1S/C14H16F3NO4/c1-13(22-2,9-6-4-3-5-7-9)12(21)18-10(11(19)20)8-14(15,16)17/h3-7,10H,8H2,1-2H3,(H,18,21)(H,19,20). The van der Waals surface area contributed by atoms with E-state index in [9.17, 15) is 22.8 Å². The van der Waals surface area contributed by atoms with Gasteiger partial charge in [0.05, 0.1) is 6.42 Å². The zero-order chi connectivity index (χ0) is 17.0. The van der Waals surface area contributed by atoms with Crippen molar-refractivity contribution in [2.45, 2.75) is 31.2 Å². The first-order chi connectivity index (χ1) is 10.1. The molecule has 0 aliphatic rings. The lowest BCUT2D eigenvalue weighted by Gasteiger charge is -2.29. The zero-order valence-corrected chi connectivity index (χ0v) is 12.0. The molecule has 0 aromatic heterocycles. The molecule has 2 N–H and O–H groups in total. The summed E-state index contributed by atoms with van der Waals surface area (Å²) in [5.74, 6) is -2.73. The van der Waals surface area contributed by atoms with E-state index in [2.05, 4.69) is 0 Å². The lowest BCUT2D eigenvalue weighted by Crippen LogP contribution is -2.51. The van der Waals surface area contributed by atoms with Crippen LogP contribution in [0.25, 0.3) is 0 Å². The summed E-state index contributed by atoms with van der Waals surface area (Å²) in [4.78, 5) is 23.1. The Morgan fingerprint density at radius 3 is 2.23 bits per heavy atom. The van der Waals surface area contributed by atoms with Crippen LogP contribution in [0.5, 0.6) is 0 Å². The van der Waals surface area contributed by atoms with Crippen LogP contribution in [0.2, 0.25) is 0 Å². The zero-order valence-electron chi connectivity index (χ0n) is 12.0. The van der Waals surface area contributed by atoms with Crippen LogP contribution in [0.3, 0.4) is 0 Å². The van der Waals surface area contributed by atoms with Crippen LogP contribution in [0.4, 0.5) is 13.2 Å². The van der Waals surface area contributed by atoms with E-state index in [0.717, 1.165) is 0 Å². The summed E-state index contributed by atoms with van der Waals surface area (Å²) >= 11 is 0. The SMILES string of the molecule is COC(C)(C(=O)NC(CC(F)(F)F)C(=O)O)c1ccccc1.